The maximum Gasteiger partial charge on any atom is 0.269 e. The second-order valence-electron chi connectivity index (χ2n) is 8.50. The number of carbonyl (C=O) groups is 1. The molecule has 0 bridgehead atoms. The molecular formula is C23H28ClN7O. The lowest BCUT2D eigenvalue weighted by molar-refractivity contribution is 0.0944. The highest BCUT2D eigenvalue weighted by atomic mass is 35.5. The van der Waals surface area contributed by atoms with Crippen LogP contribution in [-0.2, 0) is 6.54 Å². The van der Waals surface area contributed by atoms with Crippen LogP contribution in [0.1, 0.15) is 47.4 Å². The third kappa shape index (κ3) is 5.36. The van der Waals surface area contributed by atoms with Gasteiger partial charge in [0.2, 0.25) is 5.82 Å². The second kappa shape index (κ2) is 10.3. The predicted molar refractivity (Wildman–Crippen MR) is 123 cm³/mol. The lowest BCUT2D eigenvalue weighted by Crippen LogP contribution is -2.48. The molecule has 1 aromatic carbocycles. The standard InChI is InChI=1S/C23H28ClN7O/c1-29-10-12-30(13-11-29)16-17-6-8-18(9-7-17)23(32)28-31(19-4-2-3-5-19)22-20(24)15-26-21(14-25)27-22/h6-9,15,19H,2-5,10-13,16H2,1H3,(H,28,32). The number of hydrogen-bond donors (Lipinski definition) is 1. The molecule has 0 spiro atoms. The van der Waals surface area contributed by atoms with Crippen molar-refractivity contribution in [2.45, 2.75) is 38.3 Å². The van der Waals surface area contributed by atoms with E-state index in [-0.39, 0.29) is 17.8 Å². The number of nitrogens with one attached hydrogen (secondary N) is 1. The Balaban J connectivity index is 1.47. The maximum atomic E-state index is 13.1. The Kier molecular flexibility index (Phi) is 7.20. The van der Waals surface area contributed by atoms with E-state index in [0.29, 0.717) is 16.4 Å². The van der Waals surface area contributed by atoms with Gasteiger partial charge in [-0.25, -0.2) is 4.98 Å². The summed E-state index contributed by atoms with van der Waals surface area (Å²) in [5, 5.41) is 11.2. The van der Waals surface area contributed by atoms with Gasteiger partial charge >= 0.3 is 0 Å². The van der Waals surface area contributed by atoms with Crippen LogP contribution in [0.4, 0.5) is 5.82 Å². The number of aromatic nitrogens is 2. The number of hydrazine groups is 1. The van der Waals surface area contributed by atoms with Crippen LogP contribution in [0.5, 0.6) is 0 Å². The van der Waals surface area contributed by atoms with Crippen molar-refractivity contribution in [2.75, 3.05) is 38.2 Å². The number of rotatable bonds is 6. The van der Waals surface area contributed by atoms with Gasteiger partial charge in [0.1, 0.15) is 11.1 Å². The number of nitriles is 1. The fourth-order valence-electron chi connectivity index (χ4n) is 4.26. The van der Waals surface area contributed by atoms with E-state index in [1.165, 1.54) is 11.8 Å². The first-order chi connectivity index (χ1) is 15.5. The molecule has 9 heteroatoms. The van der Waals surface area contributed by atoms with Crippen LogP contribution >= 0.6 is 11.6 Å². The van der Waals surface area contributed by atoms with Crippen molar-refractivity contribution >= 4 is 23.3 Å². The van der Waals surface area contributed by atoms with E-state index in [4.69, 9.17) is 11.6 Å². The number of anilines is 1. The molecule has 1 aliphatic carbocycles. The van der Waals surface area contributed by atoms with E-state index in [9.17, 15) is 10.1 Å². The number of carbonyl (C=O) groups excluding carboxylic acids is 1. The lowest BCUT2D eigenvalue weighted by atomic mass is 10.1. The van der Waals surface area contributed by atoms with E-state index in [1.54, 1.807) is 5.01 Å². The van der Waals surface area contributed by atoms with Crippen LogP contribution < -0.4 is 10.4 Å². The molecule has 0 radical (unpaired) electrons. The van der Waals surface area contributed by atoms with Crippen molar-refractivity contribution in [2.24, 2.45) is 0 Å². The quantitative estimate of drug-likeness (QED) is 0.672. The van der Waals surface area contributed by atoms with Gasteiger partial charge in [0.25, 0.3) is 5.91 Å². The number of piperazine rings is 1. The van der Waals surface area contributed by atoms with Crippen LogP contribution in [-0.4, -0.2) is 64.9 Å². The van der Waals surface area contributed by atoms with Gasteiger partial charge in [-0.15, -0.1) is 0 Å². The molecule has 4 rings (SSSR count). The van der Waals surface area contributed by atoms with E-state index in [0.717, 1.165) is 58.4 Å². The molecule has 32 heavy (non-hydrogen) atoms. The molecule has 1 saturated carbocycles. The van der Waals surface area contributed by atoms with E-state index >= 15 is 0 Å². The summed E-state index contributed by atoms with van der Waals surface area (Å²) in [5.41, 5.74) is 4.74. The summed E-state index contributed by atoms with van der Waals surface area (Å²) in [6.07, 6.45) is 5.40. The van der Waals surface area contributed by atoms with Crippen molar-refractivity contribution in [3.8, 4) is 6.07 Å². The maximum absolute atomic E-state index is 13.1. The highest BCUT2D eigenvalue weighted by Gasteiger charge is 2.28. The van der Waals surface area contributed by atoms with Gasteiger partial charge in [-0.2, -0.15) is 10.2 Å². The number of amides is 1. The molecule has 168 valence electrons. The zero-order valence-corrected chi connectivity index (χ0v) is 19.1. The Bertz CT molecular complexity index is 977. The molecule has 2 heterocycles. The zero-order valence-electron chi connectivity index (χ0n) is 18.3. The lowest BCUT2D eigenvalue weighted by Gasteiger charge is -2.32. The summed E-state index contributed by atoms with van der Waals surface area (Å²) >= 11 is 6.34. The van der Waals surface area contributed by atoms with E-state index in [2.05, 4.69) is 32.2 Å². The topological polar surface area (TPSA) is 88.4 Å². The normalized spacial score (nSPS) is 17.8. The molecule has 1 amide bonds. The average molecular weight is 454 g/mol. The molecule has 0 unspecified atom stereocenters. The second-order valence-corrected chi connectivity index (χ2v) is 8.91. The Morgan fingerprint density at radius 2 is 1.91 bits per heavy atom. The van der Waals surface area contributed by atoms with Gasteiger partial charge in [-0.3, -0.25) is 20.1 Å². The van der Waals surface area contributed by atoms with Gasteiger partial charge in [0.15, 0.2) is 5.82 Å². The summed E-state index contributed by atoms with van der Waals surface area (Å²) in [5.74, 6) is 0.163. The van der Waals surface area contributed by atoms with Crippen LogP contribution in [0.25, 0.3) is 0 Å². The van der Waals surface area contributed by atoms with Crippen molar-refractivity contribution in [3.63, 3.8) is 0 Å². The van der Waals surface area contributed by atoms with Crippen LogP contribution in [0.15, 0.2) is 30.5 Å². The number of likely N-dealkylation sites (N-methyl/N-ethyl adjacent to an activating group) is 1. The number of halogens is 1. The number of benzene rings is 1. The van der Waals surface area contributed by atoms with Crippen molar-refractivity contribution in [1.82, 2.24) is 25.2 Å². The van der Waals surface area contributed by atoms with Crippen molar-refractivity contribution < 1.29 is 4.79 Å². The van der Waals surface area contributed by atoms with Crippen LogP contribution in [0, 0.1) is 11.3 Å². The Morgan fingerprint density at radius 3 is 2.56 bits per heavy atom. The minimum absolute atomic E-state index is 0.0231. The van der Waals surface area contributed by atoms with Gasteiger partial charge in [0.05, 0.1) is 12.2 Å². The monoisotopic (exact) mass is 453 g/mol. The highest BCUT2D eigenvalue weighted by molar-refractivity contribution is 6.32. The zero-order chi connectivity index (χ0) is 22.5. The largest absolute Gasteiger partial charge is 0.304 e. The average Bonchev–Trinajstić information content (AvgIpc) is 3.35. The minimum Gasteiger partial charge on any atom is -0.304 e. The summed E-state index contributed by atoms with van der Waals surface area (Å²) in [6.45, 7) is 5.16. The van der Waals surface area contributed by atoms with Crippen LogP contribution in [0.2, 0.25) is 5.02 Å². The van der Waals surface area contributed by atoms with Crippen molar-refractivity contribution in [3.05, 3.63) is 52.4 Å². The smallest absolute Gasteiger partial charge is 0.269 e. The van der Waals surface area contributed by atoms with Gasteiger partial charge in [0, 0.05) is 38.3 Å². The van der Waals surface area contributed by atoms with E-state index < -0.39 is 0 Å². The summed E-state index contributed by atoms with van der Waals surface area (Å²) in [4.78, 5) is 26.0. The van der Waals surface area contributed by atoms with Crippen LogP contribution in [0.3, 0.4) is 0 Å². The Morgan fingerprint density at radius 1 is 1.22 bits per heavy atom. The fraction of sp³-hybridized carbons (Fsp3) is 0.478. The number of hydrogen-bond acceptors (Lipinski definition) is 7. The molecule has 1 N–H and O–H groups in total. The third-order valence-corrected chi connectivity index (χ3v) is 6.45. The molecule has 2 fully saturated rings. The molecule has 0 atom stereocenters. The minimum atomic E-state index is -0.226. The molecule has 1 aromatic heterocycles. The van der Waals surface area contributed by atoms with Gasteiger partial charge in [-0.05, 0) is 37.6 Å². The molecule has 2 aromatic rings. The first-order valence-electron chi connectivity index (χ1n) is 11.1. The molecule has 1 aliphatic heterocycles. The molecular weight excluding hydrogens is 426 g/mol. The summed E-state index contributed by atoms with van der Waals surface area (Å²) in [7, 11) is 2.15. The molecule has 2 aliphatic rings. The fourth-order valence-corrected chi connectivity index (χ4v) is 4.44. The summed E-state index contributed by atoms with van der Waals surface area (Å²) < 4.78 is 0. The number of nitrogens with zero attached hydrogens (tertiary/aromatic N) is 6. The van der Waals surface area contributed by atoms with Crippen molar-refractivity contribution in [1.29, 1.82) is 5.26 Å². The van der Waals surface area contributed by atoms with Gasteiger partial charge < -0.3 is 4.90 Å². The Labute approximate surface area is 193 Å². The van der Waals surface area contributed by atoms with Gasteiger partial charge in [-0.1, -0.05) is 36.6 Å². The SMILES string of the molecule is CN1CCN(Cc2ccc(C(=O)NN(c3nc(C#N)ncc3Cl)C3CCCC3)cc2)CC1. The third-order valence-electron chi connectivity index (χ3n) is 6.18. The highest BCUT2D eigenvalue weighted by Crippen LogP contribution is 2.30. The first-order valence-corrected chi connectivity index (χ1v) is 11.4. The van der Waals surface area contributed by atoms with E-state index in [1.807, 2.05) is 30.3 Å². The molecule has 1 saturated heterocycles. The molecule has 8 nitrogen and oxygen atoms in total. The predicted octanol–water partition coefficient (Wildman–Crippen LogP) is 2.84. The Hall–Kier alpha value is -2.73. The summed E-state index contributed by atoms with van der Waals surface area (Å²) in [6, 6.07) is 9.76. The first kappa shape index (κ1) is 22.5.